The van der Waals surface area contributed by atoms with Gasteiger partial charge in [0.2, 0.25) is 11.6 Å². The Morgan fingerprint density at radius 2 is 1.54 bits per heavy atom. The second kappa shape index (κ2) is 7.84. The molecule has 10 heteroatoms. The second-order valence-electron chi connectivity index (χ2n) is 5.79. The van der Waals surface area contributed by atoms with Crippen molar-refractivity contribution in [2.24, 2.45) is 0 Å². The number of benzene rings is 2. The maximum absolute atomic E-state index is 11.7. The highest BCUT2D eigenvalue weighted by Crippen LogP contribution is 2.36. The van der Waals surface area contributed by atoms with E-state index in [0.717, 1.165) is 3.57 Å². The van der Waals surface area contributed by atoms with Gasteiger partial charge in [-0.15, -0.1) is 0 Å². The van der Waals surface area contributed by atoms with Gasteiger partial charge in [-0.2, -0.15) is 0 Å². The number of nitrogens with one attached hydrogen (secondary N) is 2. The summed E-state index contributed by atoms with van der Waals surface area (Å²) in [6, 6.07) is 12.6. The molecule has 0 aliphatic carbocycles. The third kappa shape index (κ3) is 3.91. The molecule has 1 aliphatic heterocycles. The average molecular weight is 491 g/mol. The monoisotopic (exact) mass is 491 g/mol. The molecule has 1 aliphatic rings. The van der Waals surface area contributed by atoms with Gasteiger partial charge in [-0.25, -0.2) is 9.97 Å². The maximum Gasteiger partial charge on any atom is 0.353 e. The Hall–Kier alpha value is -3.15. The first-order valence-corrected chi connectivity index (χ1v) is 9.37. The number of nitro groups is 1. The number of fused-ring (bicyclic) bond motifs is 1. The van der Waals surface area contributed by atoms with E-state index in [0.29, 0.717) is 36.1 Å². The zero-order chi connectivity index (χ0) is 19.5. The van der Waals surface area contributed by atoms with E-state index in [9.17, 15) is 10.1 Å². The van der Waals surface area contributed by atoms with Crippen LogP contribution < -0.4 is 20.1 Å². The summed E-state index contributed by atoms with van der Waals surface area (Å²) < 4.78 is 12.1. The highest BCUT2D eigenvalue weighted by molar-refractivity contribution is 14.1. The molecule has 9 nitrogen and oxygen atoms in total. The van der Waals surface area contributed by atoms with Crippen molar-refractivity contribution in [3.05, 3.63) is 62.5 Å². The van der Waals surface area contributed by atoms with Gasteiger partial charge in [-0.3, -0.25) is 10.1 Å². The molecule has 3 aromatic rings. The van der Waals surface area contributed by atoms with E-state index in [-0.39, 0.29) is 17.3 Å². The van der Waals surface area contributed by atoms with Gasteiger partial charge in [0.1, 0.15) is 19.5 Å². The summed E-state index contributed by atoms with van der Waals surface area (Å²) in [7, 11) is 0. The van der Waals surface area contributed by atoms with Crippen LogP contribution in [0.25, 0.3) is 0 Å². The number of nitrogens with zero attached hydrogens (tertiary/aromatic N) is 3. The fourth-order valence-corrected chi connectivity index (χ4v) is 3.02. The number of halogens is 1. The molecule has 1 aromatic heterocycles. The van der Waals surface area contributed by atoms with Crippen LogP contribution in [-0.2, 0) is 0 Å². The summed E-state index contributed by atoms with van der Waals surface area (Å²) in [6.07, 6.45) is 1.27. The number of hydrogen-bond acceptors (Lipinski definition) is 8. The summed E-state index contributed by atoms with van der Waals surface area (Å²) in [4.78, 5) is 19.3. The minimum atomic E-state index is -0.518. The number of aromatic nitrogens is 2. The predicted octanol–water partition coefficient (Wildman–Crippen LogP) is 4.25. The first kappa shape index (κ1) is 18.2. The van der Waals surface area contributed by atoms with Gasteiger partial charge in [-0.05, 0) is 59.0 Å². The Labute approximate surface area is 173 Å². The Kier molecular flexibility index (Phi) is 5.10. The lowest BCUT2D eigenvalue weighted by Crippen LogP contribution is -2.15. The fourth-order valence-electron chi connectivity index (χ4n) is 2.66. The molecule has 0 atom stereocenters. The van der Waals surface area contributed by atoms with E-state index >= 15 is 0 Å². The van der Waals surface area contributed by atoms with Crippen molar-refractivity contribution in [2.75, 3.05) is 23.8 Å². The molecule has 0 radical (unpaired) electrons. The molecule has 4 rings (SSSR count). The van der Waals surface area contributed by atoms with Crippen molar-refractivity contribution in [1.29, 1.82) is 0 Å². The summed E-state index contributed by atoms with van der Waals surface area (Å²) in [6.45, 7) is 0.943. The molecular formula is C18H14IN5O4. The topological polar surface area (TPSA) is 111 Å². The fraction of sp³-hybridized carbons (Fsp3) is 0.111. The summed E-state index contributed by atoms with van der Waals surface area (Å²) in [5.41, 5.74) is 1.02. The van der Waals surface area contributed by atoms with Crippen molar-refractivity contribution in [2.45, 2.75) is 0 Å². The van der Waals surface area contributed by atoms with E-state index < -0.39 is 4.92 Å². The van der Waals surface area contributed by atoms with E-state index in [4.69, 9.17) is 9.47 Å². The van der Waals surface area contributed by atoms with Crippen LogP contribution in [0.2, 0.25) is 0 Å². The molecule has 2 aromatic carbocycles. The molecule has 28 heavy (non-hydrogen) atoms. The Morgan fingerprint density at radius 3 is 2.21 bits per heavy atom. The second-order valence-corrected chi connectivity index (χ2v) is 7.04. The minimum absolute atomic E-state index is 0.0738. The third-order valence-corrected chi connectivity index (χ3v) is 4.64. The maximum atomic E-state index is 11.7. The minimum Gasteiger partial charge on any atom is -0.486 e. The zero-order valence-electron chi connectivity index (χ0n) is 14.4. The number of ether oxygens (including phenoxy) is 2. The molecule has 0 saturated heterocycles. The summed E-state index contributed by atoms with van der Waals surface area (Å²) in [5.74, 6) is 1.38. The number of rotatable bonds is 5. The van der Waals surface area contributed by atoms with Crippen LogP contribution in [0.5, 0.6) is 11.5 Å². The third-order valence-electron chi connectivity index (χ3n) is 3.92. The molecule has 0 saturated carbocycles. The molecule has 0 bridgehead atoms. The Balaban J connectivity index is 1.65. The largest absolute Gasteiger partial charge is 0.486 e. The van der Waals surface area contributed by atoms with Crippen molar-refractivity contribution in [1.82, 2.24) is 9.97 Å². The normalized spacial score (nSPS) is 12.3. The molecule has 0 amide bonds. The summed E-state index contributed by atoms with van der Waals surface area (Å²) >= 11 is 2.19. The molecule has 0 unspecified atom stereocenters. The van der Waals surface area contributed by atoms with Crippen molar-refractivity contribution < 1.29 is 14.4 Å². The van der Waals surface area contributed by atoms with E-state index in [1.54, 1.807) is 18.2 Å². The molecule has 2 N–H and O–H groups in total. The standard InChI is InChI=1S/C18H14IN5O4/c19-11-1-3-12(4-2-11)22-17-16(24(25)26)18(21-10-20-17)23-13-5-6-14-15(9-13)28-8-7-27-14/h1-6,9-10H,7-8H2,(H2,20,21,22,23). The summed E-state index contributed by atoms with van der Waals surface area (Å²) in [5, 5.41) is 17.7. The van der Waals surface area contributed by atoms with Crippen LogP contribution in [0.15, 0.2) is 48.8 Å². The van der Waals surface area contributed by atoms with Crippen LogP contribution in [0.3, 0.4) is 0 Å². The van der Waals surface area contributed by atoms with Gasteiger partial charge >= 0.3 is 5.69 Å². The predicted molar refractivity (Wildman–Crippen MR) is 112 cm³/mol. The Morgan fingerprint density at radius 1 is 0.929 bits per heavy atom. The molecule has 0 spiro atoms. The SMILES string of the molecule is O=[N+]([O-])c1c(Nc2ccc(I)cc2)ncnc1Nc1ccc2c(c1)OCCO2. The molecule has 0 fully saturated rings. The smallest absolute Gasteiger partial charge is 0.353 e. The average Bonchev–Trinajstić information content (AvgIpc) is 2.69. The number of anilines is 4. The lowest BCUT2D eigenvalue weighted by Gasteiger charge is -2.19. The van der Waals surface area contributed by atoms with E-state index in [1.165, 1.54) is 6.33 Å². The van der Waals surface area contributed by atoms with Crippen molar-refractivity contribution in [3.8, 4) is 11.5 Å². The van der Waals surface area contributed by atoms with E-state index in [2.05, 4.69) is 43.2 Å². The van der Waals surface area contributed by atoms with Crippen LogP contribution in [0.1, 0.15) is 0 Å². The van der Waals surface area contributed by atoms with Gasteiger partial charge < -0.3 is 20.1 Å². The van der Waals surface area contributed by atoms with Crippen LogP contribution in [-0.4, -0.2) is 28.1 Å². The highest BCUT2D eigenvalue weighted by Gasteiger charge is 2.24. The van der Waals surface area contributed by atoms with Gasteiger partial charge in [0, 0.05) is 21.0 Å². The van der Waals surface area contributed by atoms with Crippen LogP contribution in [0.4, 0.5) is 28.7 Å². The van der Waals surface area contributed by atoms with Crippen molar-refractivity contribution >= 4 is 51.3 Å². The molecule has 2 heterocycles. The van der Waals surface area contributed by atoms with Gasteiger partial charge in [-0.1, -0.05) is 0 Å². The van der Waals surface area contributed by atoms with Crippen LogP contribution >= 0.6 is 22.6 Å². The van der Waals surface area contributed by atoms with Gasteiger partial charge in [0.05, 0.1) is 4.92 Å². The zero-order valence-corrected chi connectivity index (χ0v) is 16.5. The van der Waals surface area contributed by atoms with Crippen molar-refractivity contribution in [3.63, 3.8) is 0 Å². The first-order valence-electron chi connectivity index (χ1n) is 8.29. The number of hydrogen-bond donors (Lipinski definition) is 2. The highest BCUT2D eigenvalue weighted by atomic mass is 127. The molecule has 142 valence electrons. The Bertz CT molecular complexity index is 1030. The van der Waals surface area contributed by atoms with E-state index in [1.807, 2.05) is 24.3 Å². The lowest BCUT2D eigenvalue weighted by molar-refractivity contribution is -0.383. The first-order chi connectivity index (χ1) is 13.6. The van der Waals surface area contributed by atoms with Gasteiger partial charge in [0.25, 0.3) is 0 Å². The van der Waals surface area contributed by atoms with Gasteiger partial charge in [0.15, 0.2) is 11.5 Å². The molecular weight excluding hydrogens is 477 g/mol. The lowest BCUT2D eigenvalue weighted by atomic mass is 10.2. The van der Waals surface area contributed by atoms with Crippen LogP contribution in [0, 0.1) is 13.7 Å². The quantitative estimate of drug-likeness (QED) is 0.310.